The zero-order chi connectivity index (χ0) is 19.3. The van der Waals surface area contributed by atoms with Crippen molar-refractivity contribution in [2.45, 2.75) is 19.4 Å². The topological polar surface area (TPSA) is 92.1 Å². The lowest BCUT2D eigenvalue weighted by Gasteiger charge is -2.35. The molecule has 0 radical (unpaired) electrons. The van der Waals surface area contributed by atoms with E-state index >= 15 is 0 Å². The van der Waals surface area contributed by atoms with Crippen molar-refractivity contribution in [2.75, 3.05) is 6.54 Å². The normalized spacial score (nSPS) is 16.4. The fourth-order valence-electron chi connectivity index (χ4n) is 3.75. The number of tetrazole rings is 1. The molecule has 0 saturated heterocycles. The van der Waals surface area contributed by atoms with E-state index in [-0.39, 0.29) is 11.9 Å². The first-order chi connectivity index (χ1) is 13.6. The van der Waals surface area contributed by atoms with Gasteiger partial charge in [0.1, 0.15) is 0 Å². The van der Waals surface area contributed by atoms with E-state index < -0.39 is 0 Å². The highest BCUT2D eigenvalue weighted by atomic mass is 35.5. The number of nitrogens with one attached hydrogen (secondary N) is 1. The molecule has 1 unspecified atom stereocenters. The monoisotopic (exact) mass is 393 g/mol. The molecular formula is C19H16ClN7O. The van der Waals surface area contributed by atoms with Gasteiger partial charge in [0, 0.05) is 18.3 Å². The Hall–Kier alpha value is -3.26. The summed E-state index contributed by atoms with van der Waals surface area (Å²) in [5.41, 5.74) is 4.49. The molecule has 5 rings (SSSR count). The van der Waals surface area contributed by atoms with Gasteiger partial charge in [0.2, 0.25) is 5.82 Å². The van der Waals surface area contributed by atoms with Gasteiger partial charge in [0.15, 0.2) is 5.69 Å². The number of amides is 1. The summed E-state index contributed by atoms with van der Waals surface area (Å²) in [7, 11) is 0. The molecule has 0 spiro atoms. The van der Waals surface area contributed by atoms with Crippen molar-refractivity contribution in [3.63, 3.8) is 0 Å². The maximum atomic E-state index is 13.1. The van der Waals surface area contributed by atoms with Gasteiger partial charge < -0.3 is 4.90 Å². The first-order valence-corrected chi connectivity index (χ1v) is 9.30. The Morgan fingerprint density at radius 3 is 2.96 bits per heavy atom. The van der Waals surface area contributed by atoms with E-state index in [9.17, 15) is 4.79 Å². The van der Waals surface area contributed by atoms with E-state index in [1.807, 2.05) is 30.0 Å². The Labute approximate surface area is 165 Å². The third-order valence-electron chi connectivity index (χ3n) is 5.19. The van der Waals surface area contributed by atoms with Crippen molar-refractivity contribution in [1.82, 2.24) is 35.1 Å². The number of aromatic amines is 1. The molecule has 3 aromatic heterocycles. The van der Waals surface area contributed by atoms with Gasteiger partial charge in [-0.3, -0.25) is 4.79 Å². The van der Waals surface area contributed by atoms with Crippen molar-refractivity contribution >= 4 is 23.0 Å². The van der Waals surface area contributed by atoms with Crippen molar-refractivity contribution in [1.29, 1.82) is 0 Å². The summed E-state index contributed by atoms with van der Waals surface area (Å²) >= 11 is 6.01. The summed E-state index contributed by atoms with van der Waals surface area (Å²) in [4.78, 5) is 15.0. The number of carbonyl (C=O) groups is 1. The summed E-state index contributed by atoms with van der Waals surface area (Å²) in [6.45, 7) is 2.66. The van der Waals surface area contributed by atoms with Gasteiger partial charge in [-0.25, -0.2) is 4.52 Å². The van der Waals surface area contributed by atoms with Crippen LogP contribution in [-0.2, 0) is 6.42 Å². The molecule has 4 heterocycles. The fourth-order valence-corrected chi connectivity index (χ4v) is 3.90. The highest BCUT2D eigenvalue weighted by molar-refractivity contribution is 6.30. The van der Waals surface area contributed by atoms with Crippen LogP contribution < -0.4 is 0 Å². The molecule has 0 saturated carbocycles. The Bertz CT molecular complexity index is 1180. The van der Waals surface area contributed by atoms with Crippen LogP contribution in [0.4, 0.5) is 0 Å². The third kappa shape index (κ3) is 2.73. The minimum Gasteiger partial charge on any atom is -0.330 e. The second kappa shape index (κ2) is 6.42. The molecule has 1 N–H and O–H groups in total. The number of hydrogen-bond acceptors (Lipinski definition) is 5. The number of pyridine rings is 1. The molecule has 4 aromatic rings. The van der Waals surface area contributed by atoms with Crippen LogP contribution in [-0.4, -0.2) is 47.6 Å². The Morgan fingerprint density at radius 1 is 1.25 bits per heavy atom. The van der Waals surface area contributed by atoms with Gasteiger partial charge in [0.05, 0.1) is 16.6 Å². The van der Waals surface area contributed by atoms with Gasteiger partial charge in [0.25, 0.3) is 5.91 Å². The van der Waals surface area contributed by atoms with E-state index in [0.29, 0.717) is 23.1 Å². The van der Waals surface area contributed by atoms with Gasteiger partial charge in [-0.15, -0.1) is 10.2 Å². The lowest BCUT2D eigenvalue weighted by molar-refractivity contribution is 0.0671. The molecule has 1 amide bonds. The first kappa shape index (κ1) is 16.9. The first-order valence-electron chi connectivity index (χ1n) is 8.93. The molecular weight excluding hydrogens is 378 g/mol. The number of aromatic nitrogens is 6. The van der Waals surface area contributed by atoms with E-state index in [1.165, 1.54) is 5.56 Å². The zero-order valence-corrected chi connectivity index (χ0v) is 15.8. The average Bonchev–Trinajstić information content (AvgIpc) is 3.37. The SMILES string of the molecule is CC1c2ccc(-c3nn[nH]n3)cc2CCN1C(=O)c1cc2ccc(Cl)cn2n1. The number of hydrogen-bond donors (Lipinski definition) is 1. The Morgan fingerprint density at radius 2 is 2.14 bits per heavy atom. The Balaban J connectivity index is 1.45. The van der Waals surface area contributed by atoms with Crippen LogP contribution in [0, 0.1) is 0 Å². The van der Waals surface area contributed by atoms with Gasteiger partial charge in [-0.2, -0.15) is 10.3 Å². The van der Waals surface area contributed by atoms with Crippen LogP contribution >= 0.6 is 11.6 Å². The molecule has 0 bridgehead atoms. The summed E-state index contributed by atoms with van der Waals surface area (Å²) in [5.74, 6) is 0.484. The summed E-state index contributed by atoms with van der Waals surface area (Å²) in [5, 5.41) is 19.1. The predicted molar refractivity (Wildman–Crippen MR) is 103 cm³/mol. The average molecular weight is 394 g/mol. The second-order valence-electron chi connectivity index (χ2n) is 6.82. The molecule has 1 atom stereocenters. The highest BCUT2D eigenvalue weighted by Gasteiger charge is 2.30. The molecule has 8 nitrogen and oxygen atoms in total. The molecule has 140 valence electrons. The number of nitrogens with zero attached hydrogens (tertiary/aromatic N) is 6. The Kier molecular flexibility index (Phi) is 3.87. The lowest BCUT2D eigenvalue weighted by Crippen LogP contribution is -2.39. The van der Waals surface area contributed by atoms with Gasteiger partial charge >= 0.3 is 0 Å². The van der Waals surface area contributed by atoms with Crippen LogP contribution in [0.3, 0.4) is 0 Å². The third-order valence-corrected chi connectivity index (χ3v) is 5.41. The van der Waals surface area contributed by atoms with E-state index in [2.05, 4.69) is 31.8 Å². The smallest absolute Gasteiger partial charge is 0.274 e. The zero-order valence-electron chi connectivity index (χ0n) is 15.0. The number of carbonyl (C=O) groups excluding carboxylic acids is 1. The summed E-state index contributed by atoms with van der Waals surface area (Å²) in [6, 6.07) is 11.4. The molecule has 1 aromatic carbocycles. The van der Waals surface area contributed by atoms with Crippen LogP contribution in [0.15, 0.2) is 42.6 Å². The number of benzene rings is 1. The van der Waals surface area contributed by atoms with Crippen LogP contribution in [0.5, 0.6) is 0 Å². The minimum atomic E-state index is -0.0831. The van der Waals surface area contributed by atoms with Crippen LogP contribution in [0.2, 0.25) is 5.02 Å². The predicted octanol–water partition coefficient (Wildman–Crippen LogP) is 2.93. The molecule has 1 aliphatic heterocycles. The maximum absolute atomic E-state index is 13.1. The maximum Gasteiger partial charge on any atom is 0.274 e. The largest absolute Gasteiger partial charge is 0.330 e. The van der Waals surface area contributed by atoms with E-state index in [1.54, 1.807) is 22.8 Å². The quantitative estimate of drug-likeness (QED) is 0.565. The molecule has 0 fully saturated rings. The van der Waals surface area contributed by atoms with Crippen LogP contribution in [0.25, 0.3) is 16.9 Å². The van der Waals surface area contributed by atoms with Crippen molar-refractivity contribution < 1.29 is 4.79 Å². The molecule has 9 heteroatoms. The van der Waals surface area contributed by atoms with Gasteiger partial charge in [-0.1, -0.05) is 23.7 Å². The number of fused-ring (bicyclic) bond motifs is 2. The van der Waals surface area contributed by atoms with E-state index in [0.717, 1.165) is 23.1 Å². The van der Waals surface area contributed by atoms with Crippen LogP contribution in [0.1, 0.15) is 34.6 Å². The number of H-pyrrole nitrogens is 1. The fraction of sp³-hybridized carbons (Fsp3) is 0.211. The lowest BCUT2D eigenvalue weighted by atomic mass is 9.91. The summed E-state index contributed by atoms with van der Waals surface area (Å²) < 4.78 is 1.63. The number of rotatable bonds is 2. The summed E-state index contributed by atoms with van der Waals surface area (Å²) in [6.07, 6.45) is 2.46. The van der Waals surface area contributed by atoms with Crippen molar-refractivity contribution in [3.8, 4) is 11.4 Å². The standard InChI is InChI=1S/C19H16ClN7O/c1-11-16-5-2-13(18-21-24-25-22-18)8-12(16)6-7-26(11)19(28)17-9-15-4-3-14(20)10-27(15)23-17/h2-5,8-11H,6-7H2,1H3,(H,21,22,24,25). The molecule has 0 aliphatic carbocycles. The highest BCUT2D eigenvalue weighted by Crippen LogP contribution is 2.32. The van der Waals surface area contributed by atoms with E-state index in [4.69, 9.17) is 11.6 Å². The second-order valence-corrected chi connectivity index (χ2v) is 7.26. The number of halogens is 1. The molecule has 28 heavy (non-hydrogen) atoms. The van der Waals surface area contributed by atoms with Crippen molar-refractivity contribution in [2.24, 2.45) is 0 Å². The molecule has 1 aliphatic rings. The van der Waals surface area contributed by atoms with Gasteiger partial charge in [-0.05, 0) is 54.0 Å². The van der Waals surface area contributed by atoms with Crippen molar-refractivity contribution in [3.05, 3.63) is 64.4 Å². The minimum absolute atomic E-state index is 0.0519.